The molecule has 22 heavy (non-hydrogen) atoms. The quantitative estimate of drug-likeness (QED) is 0.877. The average Bonchev–Trinajstić information content (AvgIpc) is 2.50. The zero-order valence-electron chi connectivity index (χ0n) is 12.0. The van der Waals surface area contributed by atoms with Crippen LogP contribution in [0, 0.1) is 11.7 Å². The Morgan fingerprint density at radius 1 is 1.18 bits per heavy atom. The molecule has 2 unspecified atom stereocenters. The van der Waals surface area contributed by atoms with Crippen molar-refractivity contribution < 1.29 is 4.39 Å². The fraction of sp³-hybridized carbons (Fsp3) is 0.353. The van der Waals surface area contributed by atoms with Gasteiger partial charge in [-0.05, 0) is 49.2 Å². The van der Waals surface area contributed by atoms with Crippen LogP contribution in [0.25, 0.3) is 11.1 Å². The second-order valence-corrected chi connectivity index (χ2v) is 6.61. The van der Waals surface area contributed by atoms with Gasteiger partial charge in [-0.25, -0.2) is 4.39 Å². The minimum Gasteiger partial charge on any atom is -0.316 e. The Bertz CT molecular complexity index is 802. The highest BCUT2D eigenvalue weighted by Crippen LogP contribution is 2.33. The monoisotopic (exact) mass is 318 g/mol. The molecule has 3 nitrogen and oxygen atoms in total. The molecule has 1 fully saturated rings. The molecule has 2 atom stereocenters. The summed E-state index contributed by atoms with van der Waals surface area (Å²) in [5, 5.41) is 3.75. The van der Waals surface area contributed by atoms with Crippen molar-refractivity contribution >= 4 is 11.6 Å². The molecule has 0 aliphatic carbocycles. The number of rotatable bonds is 1. The predicted molar refractivity (Wildman–Crippen MR) is 84.8 cm³/mol. The third kappa shape index (κ3) is 2.18. The van der Waals surface area contributed by atoms with Crippen LogP contribution in [-0.4, -0.2) is 17.7 Å². The molecule has 0 amide bonds. The van der Waals surface area contributed by atoms with Crippen LogP contribution in [0.4, 0.5) is 4.39 Å². The third-order valence-corrected chi connectivity index (χ3v) is 4.97. The van der Waals surface area contributed by atoms with Crippen molar-refractivity contribution in [1.82, 2.24) is 9.88 Å². The van der Waals surface area contributed by atoms with Gasteiger partial charge in [-0.1, -0.05) is 11.6 Å². The first-order valence-corrected chi connectivity index (χ1v) is 7.91. The molecule has 2 aromatic rings. The lowest BCUT2D eigenvalue weighted by atomic mass is 9.84. The van der Waals surface area contributed by atoms with Gasteiger partial charge in [0, 0.05) is 35.3 Å². The van der Waals surface area contributed by atoms with Gasteiger partial charge in [0.2, 0.25) is 0 Å². The normalized spacial score (nSPS) is 23.2. The van der Waals surface area contributed by atoms with E-state index in [9.17, 15) is 9.18 Å². The van der Waals surface area contributed by atoms with E-state index in [4.69, 9.17) is 11.6 Å². The van der Waals surface area contributed by atoms with Gasteiger partial charge in [-0.15, -0.1) is 0 Å². The minimum atomic E-state index is -0.456. The fourth-order valence-corrected chi connectivity index (χ4v) is 3.86. The summed E-state index contributed by atoms with van der Waals surface area (Å²) >= 11 is 5.79. The molecule has 0 radical (unpaired) electrons. The van der Waals surface area contributed by atoms with Crippen LogP contribution in [0.2, 0.25) is 5.02 Å². The first-order valence-electron chi connectivity index (χ1n) is 7.53. The van der Waals surface area contributed by atoms with E-state index < -0.39 is 5.82 Å². The van der Waals surface area contributed by atoms with Crippen molar-refractivity contribution in [3.8, 4) is 11.1 Å². The fourth-order valence-electron chi connectivity index (χ4n) is 3.70. The van der Waals surface area contributed by atoms with E-state index in [0.717, 1.165) is 25.2 Å². The summed E-state index contributed by atoms with van der Waals surface area (Å²) in [6.07, 6.45) is 1.13. The molecule has 2 aliphatic heterocycles. The first kappa shape index (κ1) is 14.0. The number of hydrogen-bond donors (Lipinski definition) is 1. The number of benzene rings is 1. The Labute approximate surface area is 132 Å². The van der Waals surface area contributed by atoms with Gasteiger partial charge in [0.25, 0.3) is 5.56 Å². The second-order valence-electron chi connectivity index (χ2n) is 6.17. The molecule has 2 bridgehead atoms. The van der Waals surface area contributed by atoms with Crippen LogP contribution < -0.4 is 10.9 Å². The summed E-state index contributed by atoms with van der Waals surface area (Å²) in [5.74, 6) is 0.404. The topological polar surface area (TPSA) is 34.0 Å². The second kappa shape index (κ2) is 5.21. The number of aromatic nitrogens is 1. The number of halogens is 2. The number of nitrogens with zero attached hydrogens (tertiary/aromatic N) is 1. The Morgan fingerprint density at radius 2 is 2.00 bits per heavy atom. The SMILES string of the molecule is O=c1c(-c2ccc(Cl)cc2F)ccc2n1CC1CNCC2C1. The molecular weight excluding hydrogens is 303 g/mol. The van der Waals surface area contributed by atoms with Gasteiger partial charge in [-0.3, -0.25) is 4.79 Å². The zero-order valence-corrected chi connectivity index (χ0v) is 12.7. The van der Waals surface area contributed by atoms with Crippen molar-refractivity contribution in [2.45, 2.75) is 18.9 Å². The van der Waals surface area contributed by atoms with E-state index in [1.54, 1.807) is 18.2 Å². The predicted octanol–water partition coefficient (Wildman–Crippen LogP) is 3.01. The Hall–Kier alpha value is -1.65. The number of hydrogen-bond acceptors (Lipinski definition) is 2. The summed E-state index contributed by atoms with van der Waals surface area (Å²) in [4.78, 5) is 12.8. The summed E-state index contributed by atoms with van der Waals surface area (Å²) in [6, 6.07) is 8.15. The summed E-state index contributed by atoms with van der Waals surface area (Å²) in [7, 11) is 0. The molecule has 5 heteroatoms. The maximum Gasteiger partial charge on any atom is 0.258 e. The standard InChI is InChI=1S/C17H16ClFN2O/c18-12-1-2-13(15(19)6-12)14-3-4-16-11-5-10(7-20-8-11)9-21(16)17(14)22/h1-4,6,10-11,20H,5,7-9H2. The van der Waals surface area contributed by atoms with E-state index >= 15 is 0 Å². The number of pyridine rings is 1. The molecule has 0 saturated carbocycles. The van der Waals surface area contributed by atoms with Crippen LogP contribution >= 0.6 is 11.6 Å². The highest BCUT2D eigenvalue weighted by Gasteiger charge is 2.31. The number of fused-ring (bicyclic) bond motifs is 4. The average molecular weight is 319 g/mol. The van der Waals surface area contributed by atoms with Gasteiger partial charge in [0.05, 0.1) is 5.56 Å². The lowest BCUT2D eigenvalue weighted by molar-refractivity contribution is 0.257. The maximum absolute atomic E-state index is 14.1. The lowest BCUT2D eigenvalue weighted by Gasteiger charge is -2.37. The van der Waals surface area contributed by atoms with Crippen molar-refractivity contribution in [2.75, 3.05) is 13.1 Å². The Kier molecular flexibility index (Phi) is 3.31. The van der Waals surface area contributed by atoms with Crippen molar-refractivity contribution in [3.05, 3.63) is 57.2 Å². The van der Waals surface area contributed by atoms with Gasteiger partial charge < -0.3 is 9.88 Å². The maximum atomic E-state index is 14.1. The third-order valence-electron chi connectivity index (χ3n) is 4.73. The van der Waals surface area contributed by atoms with Gasteiger partial charge in [0.1, 0.15) is 5.82 Å². The molecule has 4 rings (SSSR count). The lowest BCUT2D eigenvalue weighted by Crippen LogP contribution is -2.45. The van der Waals surface area contributed by atoms with E-state index in [-0.39, 0.29) is 5.56 Å². The smallest absolute Gasteiger partial charge is 0.258 e. The zero-order chi connectivity index (χ0) is 15.3. The van der Waals surface area contributed by atoms with E-state index in [1.165, 1.54) is 6.07 Å². The molecule has 1 N–H and O–H groups in total. The Morgan fingerprint density at radius 3 is 2.82 bits per heavy atom. The molecule has 1 aromatic carbocycles. The van der Waals surface area contributed by atoms with E-state index in [0.29, 0.717) is 34.5 Å². The van der Waals surface area contributed by atoms with Crippen LogP contribution in [0.1, 0.15) is 18.0 Å². The van der Waals surface area contributed by atoms with Gasteiger partial charge in [-0.2, -0.15) is 0 Å². The molecule has 1 saturated heterocycles. The van der Waals surface area contributed by atoms with E-state index in [1.807, 2.05) is 10.6 Å². The van der Waals surface area contributed by atoms with Gasteiger partial charge in [0.15, 0.2) is 0 Å². The van der Waals surface area contributed by atoms with Crippen LogP contribution in [-0.2, 0) is 6.54 Å². The number of piperidine rings is 1. The summed E-state index contributed by atoms with van der Waals surface area (Å²) in [6.45, 7) is 2.56. The van der Waals surface area contributed by atoms with Crippen LogP contribution in [0.5, 0.6) is 0 Å². The van der Waals surface area contributed by atoms with Crippen molar-refractivity contribution in [3.63, 3.8) is 0 Å². The molecule has 3 heterocycles. The molecule has 2 aliphatic rings. The summed E-state index contributed by atoms with van der Waals surface area (Å²) in [5.41, 5.74) is 1.69. The molecule has 114 valence electrons. The minimum absolute atomic E-state index is 0.102. The highest BCUT2D eigenvalue weighted by atomic mass is 35.5. The Balaban J connectivity index is 1.86. The largest absolute Gasteiger partial charge is 0.316 e. The van der Waals surface area contributed by atoms with Crippen LogP contribution in [0.15, 0.2) is 35.1 Å². The molecule has 0 spiro atoms. The first-order chi connectivity index (χ1) is 10.6. The molecule has 1 aromatic heterocycles. The van der Waals surface area contributed by atoms with E-state index in [2.05, 4.69) is 5.32 Å². The van der Waals surface area contributed by atoms with Crippen molar-refractivity contribution in [1.29, 1.82) is 0 Å². The molecular formula is C17H16ClFN2O. The summed E-state index contributed by atoms with van der Waals surface area (Å²) < 4.78 is 16.0. The number of nitrogens with one attached hydrogen (secondary N) is 1. The van der Waals surface area contributed by atoms with Gasteiger partial charge >= 0.3 is 0 Å². The van der Waals surface area contributed by atoms with Crippen LogP contribution in [0.3, 0.4) is 0 Å². The highest BCUT2D eigenvalue weighted by molar-refractivity contribution is 6.30. The van der Waals surface area contributed by atoms with Crippen molar-refractivity contribution in [2.24, 2.45) is 5.92 Å².